The highest BCUT2D eigenvalue weighted by Crippen LogP contribution is 2.21. The minimum atomic E-state index is -1.80. The average molecular weight is 384 g/mol. The molecule has 8 heteroatoms. The van der Waals surface area contributed by atoms with Gasteiger partial charge in [0, 0.05) is 26.1 Å². The van der Waals surface area contributed by atoms with E-state index in [1.165, 1.54) is 4.90 Å². The zero-order valence-electron chi connectivity index (χ0n) is 16.4. The number of allylic oxidation sites excluding steroid dienone is 1. The van der Waals surface area contributed by atoms with Crippen molar-refractivity contribution in [1.29, 1.82) is 0 Å². The molecule has 3 N–H and O–H groups in total. The van der Waals surface area contributed by atoms with Crippen molar-refractivity contribution < 1.29 is 29.3 Å². The topological polar surface area (TPSA) is 116 Å². The third-order valence-corrected chi connectivity index (χ3v) is 4.82. The van der Waals surface area contributed by atoms with Crippen LogP contribution in [0.5, 0.6) is 0 Å². The number of carbonyl (C=O) groups is 3. The molecular weight excluding hydrogens is 352 g/mol. The van der Waals surface area contributed by atoms with E-state index in [0.717, 1.165) is 5.57 Å². The minimum absolute atomic E-state index is 0.133. The first-order chi connectivity index (χ1) is 12.8. The van der Waals surface area contributed by atoms with Gasteiger partial charge in [0.05, 0.1) is 6.61 Å². The molecule has 1 aliphatic rings. The first-order valence-electron chi connectivity index (χ1n) is 9.50. The van der Waals surface area contributed by atoms with E-state index < -0.39 is 24.0 Å². The smallest absolute Gasteiger partial charge is 0.306 e. The predicted octanol–water partition coefficient (Wildman–Crippen LogP) is 0.373. The Balaban J connectivity index is 2.42. The van der Waals surface area contributed by atoms with Gasteiger partial charge in [-0.25, -0.2) is 0 Å². The van der Waals surface area contributed by atoms with Crippen LogP contribution in [0.15, 0.2) is 11.6 Å². The molecule has 154 valence electrons. The molecule has 2 amide bonds. The van der Waals surface area contributed by atoms with Crippen molar-refractivity contribution in [2.24, 2.45) is 5.92 Å². The van der Waals surface area contributed by atoms with Gasteiger partial charge in [0.1, 0.15) is 0 Å². The minimum Gasteiger partial charge on any atom is -0.466 e. The summed E-state index contributed by atoms with van der Waals surface area (Å²) in [6.07, 6.45) is 0.494. The molecule has 2 atom stereocenters. The second-order valence-electron chi connectivity index (χ2n) is 6.84. The summed E-state index contributed by atoms with van der Waals surface area (Å²) in [5.74, 6) is -1.55. The lowest BCUT2D eigenvalue weighted by Gasteiger charge is -2.33. The molecule has 1 rings (SSSR count). The Morgan fingerprint density at radius 1 is 1.22 bits per heavy atom. The van der Waals surface area contributed by atoms with Gasteiger partial charge in [-0.3, -0.25) is 14.4 Å². The molecule has 8 nitrogen and oxygen atoms in total. The van der Waals surface area contributed by atoms with E-state index in [9.17, 15) is 24.6 Å². The van der Waals surface area contributed by atoms with Crippen LogP contribution >= 0.6 is 0 Å². The third kappa shape index (κ3) is 7.68. The summed E-state index contributed by atoms with van der Waals surface area (Å²) in [6.45, 7) is 6.98. The molecule has 0 unspecified atom stereocenters. The number of esters is 1. The normalized spacial score (nSPS) is 18.0. The van der Waals surface area contributed by atoms with Gasteiger partial charge in [-0.15, -0.1) is 0 Å². The summed E-state index contributed by atoms with van der Waals surface area (Å²) in [5, 5.41) is 22.5. The van der Waals surface area contributed by atoms with Crippen molar-refractivity contribution >= 4 is 17.8 Å². The van der Waals surface area contributed by atoms with Crippen LogP contribution in [-0.4, -0.2) is 71.3 Å². The molecule has 0 aromatic carbocycles. The molecule has 0 aromatic rings. The molecule has 27 heavy (non-hydrogen) atoms. The van der Waals surface area contributed by atoms with Crippen molar-refractivity contribution in [3.05, 3.63) is 11.6 Å². The van der Waals surface area contributed by atoms with E-state index >= 15 is 0 Å². The molecule has 1 aliphatic heterocycles. The number of likely N-dealkylation sites (tertiary alicyclic amines) is 1. The first-order valence-corrected chi connectivity index (χ1v) is 9.50. The summed E-state index contributed by atoms with van der Waals surface area (Å²) >= 11 is 0. The first kappa shape index (κ1) is 23.1. The lowest BCUT2D eigenvalue weighted by atomic mass is 9.93. The Kier molecular flexibility index (Phi) is 10.0. The Bertz CT molecular complexity index is 540. The second-order valence-corrected chi connectivity index (χ2v) is 6.84. The summed E-state index contributed by atoms with van der Waals surface area (Å²) in [4.78, 5) is 37.2. The molecular formula is C19H32N2O6. The van der Waals surface area contributed by atoms with Crippen molar-refractivity contribution in [3.8, 4) is 0 Å². The molecule has 1 fully saturated rings. The van der Waals surface area contributed by atoms with E-state index in [-0.39, 0.29) is 11.9 Å². The Morgan fingerprint density at radius 2 is 1.85 bits per heavy atom. The number of carbonyl (C=O) groups excluding carboxylic acids is 3. The number of ether oxygens (including phenoxy) is 1. The average Bonchev–Trinajstić information content (AvgIpc) is 2.66. The van der Waals surface area contributed by atoms with Crippen LogP contribution in [0.2, 0.25) is 0 Å². The predicted molar refractivity (Wildman–Crippen MR) is 99.6 cm³/mol. The molecule has 0 spiro atoms. The molecule has 0 bridgehead atoms. The van der Waals surface area contributed by atoms with Crippen LogP contribution in [-0.2, 0) is 19.1 Å². The Morgan fingerprint density at radius 3 is 2.41 bits per heavy atom. The number of nitrogens with one attached hydrogen (secondary N) is 1. The number of rotatable bonds is 9. The van der Waals surface area contributed by atoms with Crippen LogP contribution in [0.3, 0.4) is 0 Å². The SMILES string of the molecule is C/C=C(\C)CCNC(=O)[C@H](O)[C@@H](O)C(=O)N1CCC(CC(=O)OCC)CC1. The molecule has 0 aliphatic carbocycles. The maximum Gasteiger partial charge on any atom is 0.306 e. The van der Waals surface area contributed by atoms with Gasteiger partial charge in [0.25, 0.3) is 11.8 Å². The van der Waals surface area contributed by atoms with Gasteiger partial charge in [-0.2, -0.15) is 0 Å². The highest BCUT2D eigenvalue weighted by molar-refractivity contribution is 5.90. The largest absolute Gasteiger partial charge is 0.466 e. The number of hydrogen-bond donors (Lipinski definition) is 3. The van der Waals surface area contributed by atoms with Crippen molar-refractivity contribution in [2.45, 2.75) is 58.7 Å². The lowest BCUT2D eigenvalue weighted by molar-refractivity contribution is -0.154. The zero-order chi connectivity index (χ0) is 20.4. The fourth-order valence-electron chi connectivity index (χ4n) is 2.91. The maximum absolute atomic E-state index is 12.3. The standard InChI is InChI=1S/C19H32N2O6/c1-4-13(3)6-9-20-18(25)16(23)17(24)19(26)21-10-7-14(8-11-21)12-15(22)27-5-2/h4,14,16-17,23-24H,5-12H2,1-3H3,(H,20,25)/b13-4+/t16-,17-/m1/s1. The van der Waals surface area contributed by atoms with E-state index in [1.54, 1.807) is 6.92 Å². The van der Waals surface area contributed by atoms with Gasteiger partial charge >= 0.3 is 5.97 Å². The fourth-order valence-corrected chi connectivity index (χ4v) is 2.91. The number of nitrogens with zero attached hydrogens (tertiary/aromatic N) is 1. The number of aliphatic hydroxyl groups excluding tert-OH is 2. The summed E-state index contributed by atoms with van der Waals surface area (Å²) in [5.41, 5.74) is 1.09. The third-order valence-electron chi connectivity index (χ3n) is 4.82. The highest BCUT2D eigenvalue weighted by Gasteiger charge is 2.35. The molecule has 0 saturated carbocycles. The lowest BCUT2D eigenvalue weighted by Crippen LogP contribution is -2.52. The highest BCUT2D eigenvalue weighted by atomic mass is 16.5. The summed E-state index contributed by atoms with van der Waals surface area (Å²) < 4.78 is 4.93. The maximum atomic E-state index is 12.3. The Hall–Kier alpha value is -1.93. The van der Waals surface area contributed by atoms with Gasteiger partial charge in [-0.1, -0.05) is 11.6 Å². The molecule has 1 heterocycles. The van der Waals surface area contributed by atoms with Gasteiger partial charge < -0.3 is 25.2 Å². The summed E-state index contributed by atoms with van der Waals surface area (Å²) in [7, 11) is 0. The van der Waals surface area contributed by atoms with Gasteiger partial charge in [-0.05, 0) is 46.0 Å². The second kappa shape index (κ2) is 11.7. The van der Waals surface area contributed by atoms with Crippen molar-refractivity contribution in [3.63, 3.8) is 0 Å². The number of aliphatic hydroxyl groups is 2. The van der Waals surface area contributed by atoms with E-state index in [4.69, 9.17) is 4.74 Å². The quantitative estimate of drug-likeness (QED) is 0.391. The van der Waals surface area contributed by atoms with E-state index in [2.05, 4.69) is 5.32 Å². The van der Waals surface area contributed by atoms with Crippen LogP contribution < -0.4 is 5.32 Å². The molecule has 1 saturated heterocycles. The van der Waals surface area contributed by atoms with Crippen LogP contribution in [0.25, 0.3) is 0 Å². The molecule has 0 radical (unpaired) electrons. The van der Waals surface area contributed by atoms with Crippen molar-refractivity contribution in [2.75, 3.05) is 26.2 Å². The Labute approximate surface area is 160 Å². The zero-order valence-corrected chi connectivity index (χ0v) is 16.4. The van der Waals surface area contributed by atoms with Crippen LogP contribution in [0.1, 0.15) is 46.5 Å². The van der Waals surface area contributed by atoms with E-state index in [0.29, 0.717) is 51.9 Å². The fraction of sp³-hybridized carbons (Fsp3) is 0.737. The van der Waals surface area contributed by atoms with Crippen molar-refractivity contribution in [1.82, 2.24) is 10.2 Å². The van der Waals surface area contributed by atoms with Gasteiger partial charge in [0.2, 0.25) is 0 Å². The number of hydrogen-bond acceptors (Lipinski definition) is 6. The van der Waals surface area contributed by atoms with Gasteiger partial charge in [0.15, 0.2) is 12.2 Å². The summed E-state index contributed by atoms with van der Waals surface area (Å²) in [6, 6.07) is 0. The monoisotopic (exact) mass is 384 g/mol. The molecule has 0 aromatic heterocycles. The van der Waals surface area contributed by atoms with Crippen LogP contribution in [0, 0.1) is 5.92 Å². The van der Waals surface area contributed by atoms with E-state index in [1.807, 2.05) is 19.9 Å². The number of amides is 2. The number of piperidine rings is 1. The van der Waals surface area contributed by atoms with Crippen LogP contribution in [0.4, 0.5) is 0 Å².